The summed E-state index contributed by atoms with van der Waals surface area (Å²) >= 11 is 0. The predicted octanol–water partition coefficient (Wildman–Crippen LogP) is 3.99. The van der Waals surface area contributed by atoms with Crippen LogP contribution in [0.1, 0.15) is 27.2 Å². The maximum absolute atomic E-state index is 12.2. The van der Waals surface area contributed by atoms with Crippen LogP contribution in [0.4, 0.5) is 4.79 Å². The Labute approximate surface area is 123 Å². The first-order chi connectivity index (χ1) is 9.08. The fourth-order valence-corrected chi connectivity index (χ4v) is 4.92. The van der Waals surface area contributed by atoms with E-state index in [9.17, 15) is 4.79 Å². The highest BCUT2D eigenvalue weighted by Gasteiger charge is 2.37. The van der Waals surface area contributed by atoms with E-state index in [1.165, 1.54) is 5.57 Å². The number of fused-ring (bicyclic) bond motifs is 1. The van der Waals surface area contributed by atoms with Gasteiger partial charge in [0.15, 0.2) is 0 Å². The summed E-state index contributed by atoms with van der Waals surface area (Å²) < 4.78 is 5.50. The van der Waals surface area contributed by atoms with Gasteiger partial charge in [-0.25, -0.2) is 4.79 Å². The van der Waals surface area contributed by atoms with Crippen molar-refractivity contribution in [3.8, 4) is 0 Å². The molecule has 2 aliphatic rings. The van der Waals surface area contributed by atoms with Crippen LogP contribution in [-0.4, -0.2) is 37.8 Å². The van der Waals surface area contributed by atoms with Crippen molar-refractivity contribution in [1.29, 1.82) is 0 Å². The summed E-state index contributed by atoms with van der Waals surface area (Å²) in [7, 11) is -1.30. The molecule has 0 radical (unpaired) electrons. The zero-order valence-electron chi connectivity index (χ0n) is 13.6. The number of ether oxygens (including phenoxy) is 1. The van der Waals surface area contributed by atoms with E-state index in [0.717, 1.165) is 19.5 Å². The molecule has 112 valence electrons. The molecule has 0 spiro atoms. The standard InChI is InChI=1S/C16H27NO2Si/c1-16(2,3)19-15(18)17-10-12-8-7-9-14(13(12)11-17)20(4,5)6/h7-8,12H,9-11H2,1-6H3. The molecule has 3 nitrogen and oxygen atoms in total. The Kier molecular flexibility index (Phi) is 3.89. The monoisotopic (exact) mass is 293 g/mol. The van der Waals surface area contributed by atoms with Crippen LogP contribution in [-0.2, 0) is 4.74 Å². The molecule has 1 unspecified atom stereocenters. The lowest BCUT2D eigenvalue weighted by atomic mass is 9.96. The average Bonchev–Trinajstić information content (AvgIpc) is 2.68. The number of hydrogen-bond acceptors (Lipinski definition) is 2. The molecule has 0 N–H and O–H groups in total. The van der Waals surface area contributed by atoms with Gasteiger partial charge in [0.25, 0.3) is 0 Å². The molecule has 1 saturated heterocycles. The molecule has 0 aromatic rings. The molecule has 20 heavy (non-hydrogen) atoms. The Morgan fingerprint density at radius 1 is 1.35 bits per heavy atom. The lowest BCUT2D eigenvalue weighted by Gasteiger charge is -2.27. The van der Waals surface area contributed by atoms with Crippen LogP contribution in [0.25, 0.3) is 0 Å². The van der Waals surface area contributed by atoms with Gasteiger partial charge in [-0.15, -0.1) is 0 Å². The van der Waals surface area contributed by atoms with E-state index in [-0.39, 0.29) is 6.09 Å². The van der Waals surface area contributed by atoms with E-state index in [1.54, 1.807) is 5.20 Å². The number of rotatable bonds is 1. The van der Waals surface area contributed by atoms with Gasteiger partial charge in [-0.2, -0.15) is 0 Å². The first-order valence-corrected chi connectivity index (χ1v) is 10.9. The Morgan fingerprint density at radius 3 is 2.55 bits per heavy atom. The first kappa shape index (κ1) is 15.4. The highest BCUT2D eigenvalue weighted by Crippen LogP contribution is 2.36. The van der Waals surface area contributed by atoms with Crippen molar-refractivity contribution in [1.82, 2.24) is 4.90 Å². The Balaban J connectivity index is 2.17. The fraction of sp³-hybridized carbons (Fsp3) is 0.688. The summed E-state index contributed by atoms with van der Waals surface area (Å²) in [6.07, 6.45) is 5.44. The topological polar surface area (TPSA) is 29.5 Å². The van der Waals surface area contributed by atoms with Crippen molar-refractivity contribution < 1.29 is 9.53 Å². The van der Waals surface area contributed by atoms with Crippen LogP contribution < -0.4 is 0 Å². The van der Waals surface area contributed by atoms with Crippen molar-refractivity contribution in [2.45, 2.75) is 52.4 Å². The molecular formula is C16H27NO2Si. The zero-order valence-corrected chi connectivity index (χ0v) is 14.6. The van der Waals surface area contributed by atoms with Gasteiger partial charge < -0.3 is 9.64 Å². The second-order valence-corrected chi connectivity index (χ2v) is 13.0. The van der Waals surface area contributed by atoms with Gasteiger partial charge in [-0.3, -0.25) is 0 Å². The Morgan fingerprint density at radius 2 is 2.00 bits per heavy atom. The molecular weight excluding hydrogens is 266 g/mol. The Hall–Kier alpha value is -1.03. The van der Waals surface area contributed by atoms with E-state index in [4.69, 9.17) is 4.74 Å². The van der Waals surface area contributed by atoms with Gasteiger partial charge in [0.2, 0.25) is 0 Å². The van der Waals surface area contributed by atoms with E-state index in [1.807, 2.05) is 25.7 Å². The number of carbonyl (C=O) groups is 1. The molecule has 1 aliphatic carbocycles. The summed E-state index contributed by atoms with van der Waals surface area (Å²) in [6.45, 7) is 14.4. The highest BCUT2D eigenvalue weighted by atomic mass is 28.3. The van der Waals surface area contributed by atoms with Crippen molar-refractivity contribution in [2.24, 2.45) is 5.92 Å². The summed E-state index contributed by atoms with van der Waals surface area (Å²) in [5.74, 6) is 0.415. The van der Waals surface area contributed by atoms with E-state index >= 15 is 0 Å². The SMILES string of the molecule is CC(C)(C)OC(=O)N1CC2=C([Si](C)(C)C)CC=CC2C1. The molecule has 0 aromatic carbocycles. The third-order valence-electron chi connectivity index (χ3n) is 3.86. The number of hydrogen-bond donors (Lipinski definition) is 0. The van der Waals surface area contributed by atoms with Crippen LogP contribution in [0.2, 0.25) is 19.6 Å². The van der Waals surface area contributed by atoms with Gasteiger partial charge in [0, 0.05) is 19.0 Å². The largest absolute Gasteiger partial charge is 0.444 e. The minimum Gasteiger partial charge on any atom is -0.444 e. The van der Waals surface area contributed by atoms with Gasteiger partial charge >= 0.3 is 6.09 Å². The second kappa shape index (κ2) is 5.06. The van der Waals surface area contributed by atoms with Gasteiger partial charge in [0.1, 0.15) is 5.60 Å². The normalized spacial score (nSPS) is 23.1. The minimum atomic E-state index is -1.30. The molecule has 1 aliphatic heterocycles. The molecule has 0 bridgehead atoms. The fourth-order valence-electron chi connectivity index (χ4n) is 2.97. The van der Waals surface area contributed by atoms with E-state index < -0.39 is 13.7 Å². The number of likely N-dealkylation sites (tertiary alicyclic amines) is 1. The summed E-state index contributed by atoms with van der Waals surface area (Å²) in [5, 5.41) is 1.62. The van der Waals surface area contributed by atoms with Crippen molar-refractivity contribution in [3.63, 3.8) is 0 Å². The molecule has 1 heterocycles. The van der Waals surface area contributed by atoms with Crippen LogP contribution in [0, 0.1) is 5.92 Å². The number of allylic oxidation sites excluding steroid dienone is 2. The smallest absolute Gasteiger partial charge is 0.410 e. The quantitative estimate of drug-likeness (QED) is 0.540. The molecule has 4 heteroatoms. The third kappa shape index (κ3) is 3.34. The Bertz CT molecular complexity index is 466. The van der Waals surface area contributed by atoms with Crippen molar-refractivity contribution in [2.75, 3.05) is 13.1 Å². The first-order valence-electron chi connectivity index (χ1n) is 7.45. The predicted molar refractivity (Wildman–Crippen MR) is 85.4 cm³/mol. The second-order valence-electron chi connectivity index (χ2n) is 7.85. The van der Waals surface area contributed by atoms with E-state index in [2.05, 4.69) is 31.8 Å². The minimum absolute atomic E-state index is 0.178. The van der Waals surface area contributed by atoms with Crippen LogP contribution in [0.5, 0.6) is 0 Å². The van der Waals surface area contributed by atoms with Crippen LogP contribution in [0.15, 0.2) is 22.9 Å². The van der Waals surface area contributed by atoms with Gasteiger partial charge in [-0.05, 0) is 32.8 Å². The molecule has 0 saturated carbocycles. The average molecular weight is 293 g/mol. The van der Waals surface area contributed by atoms with Gasteiger partial charge in [0.05, 0.1) is 8.07 Å². The summed E-state index contributed by atoms with van der Waals surface area (Å²) in [6, 6.07) is 0. The number of nitrogens with zero attached hydrogens (tertiary/aromatic N) is 1. The summed E-state index contributed by atoms with van der Waals surface area (Å²) in [5.41, 5.74) is 1.06. The van der Waals surface area contributed by atoms with Crippen LogP contribution >= 0.6 is 0 Å². The zero-order chi connectivity index (χ0) is 15.1. The maximum Gasteiger partial charge on any atom is 0.410 e. The molecule has 1 amide bonds. The van der Waals surface area contributed by atoms with Crippen molar-refractivity contribution in [3.05, 3.63) is 22.9 Å². The molecule has 1 fully saturated rings. The number of carbonyl (C=O) groups excluding carboxylic acids is 1. The highest BCUT2D eigenvalue weighted by molar-refractivity contribution is 6.83. The molecule has 0 aromatic heterocycles. The lowest BCUT2D eigenvalue weighted by Crippen LogP contribution is -2.35. The third-order valence-corrected chi connectivity index (χ3v) is 6.20. The molecule has 2 rings (SSSR count). The number of amides is 1. The molecule has 1 atom stereocenters. The van der Waals surface area contributed by atoms with E-state index in [0.29, 0.717) is 5.92 Å². The lowest BCUT2D eigenvalue weighted by molar-refractivity contribution is 0.0294. The van der Waals surface area contributed by atoms with Crippen molar-refractivity contribution >= 4 is 14.2 Å². The van der Waals surface area contributed by atoms with Crippen LogP contribution in [0.3, 0.4) is 0 Å². The maximum atomic E-state index is 12.2. The van der Waals surface area contributed by atoms with Gasteiger partial charge in [-0.1, -0.05) is 37.0 Å². The summed E-state index contributed by atoms with van der Waals surface area (Å²) in [4.78, 5) is 14.1.